The van der Waals surface area contributed by atoms with Crippen molar-refractivity contribution >= 4 is 17.5 Å². The molecular formula is C15H12ClF2NO. The lowest BCUT2D eigenvalue weighted by molar-refractivity contribution is 0.0947. The summed E-state index contributed by atoms with van der Waals surface area (Å²) < 4.78 is 26.8. The van der Waals surface area contributed by atoms with Gasteiger partial charge >= 0.3 is 0 Å². The van der Waals surface area contributed by atoms with E-state index in [-0.39, 0.29) is 22.9 Å². The smallest absolute Gasteiger partial charge is 0.254 e. The second-order valence-corrected chi connectivity index (χ2v) is 4.83. The van der Waals surface area contributed by atoms with Gasteiger partial charge in [-0.1, -0.05) is 23.7 Å². The van der Waals surface area contributed by atoms with E-state index in [2.05, 4.69) is 5.32 Å². The second-order valence-electron chi connectivity index (χ2n) is 4.39. The van der Waals surface area contributed by atoms with Crippen LogP contribution in [0.25, 0.3) is 0 Å². The molecule has 0 aliphatic carbocycles. The quantitative estimate of drug-likeness (QED) is 0.915. The van der Waals surface area contributed by atoms with E-state index < -0.39 is 11.7 Å². The van der Waals surface area contributed by atoms with Crippen LogP contribution in [-0.4, -0.2) is 5.91 Å². The number of carbonyl (C=O) groups excluding carboxylic acids is 1. The van der Waals surface area contributed by atoms with Crippen LogP contribution in [0.5, 0.6) is 0 Å². The summed E-state index contributed by atoms with van der Waals surface area (Å²) in [6.45, 7) is 1.76. The fraction of sp³-hybridized carbons (Fsp3) is 0.133. The highest BCUT2D eigenvalue weighted by Gasteiger charge is 2.12. The number of carbonyl (C=O) groups is 1. The average molecular weight is 296 g/mol. The van der Waals surface area contributed by atoms with E-state index in [9.17, 15) is 13.6 Å². The van der Waals surface area contributed by atoms with Crippen molar-refractivity contribution in [3.05, 3.63) is 69.7 Å². The summed E-state index contributed by atoms with van der Waals surface area (Å²) in [6.07, 6.45) is 0. The standard InChI is InChI=1S/C15H12ClF2NO/c1-9-2-3-10(6-14(9)18)8-19-15(20)12-7-11(16)4-5-13(12)17/h2-7H,8H2,1H3,(H,19,20). The lowest BCUT2D eigenvalue weighted by Gasteiger charge is -2.07. The van der Waals surface area contributed by atoms with Gasteiger partial charge in [-0.25, -0.2) is 8.78 Å². The van der Waals surface area contributed by atoms with Crippen molar-refractivity contribution in [3.8, 4) is 0 Å². The van der Waals surface area contributed by atoms with Crippen LogP contribution in [0, 0.1) is 18.6 Å². The highest BCUT2D eigenvalue weighted by Crippen LogP contribution is 2.15. The van der Waals surface area contributed by atoms with Crippen molar-refractivity contribution in [2.24, 2.45) is 0 Å². The third-order valence-electron chi connectivity index (χ3n) is 2.86. The topological polar surface area (TPSA) is 29.1 Å². The molecular weight excluding hydrogens is 284 g/mol. The van der Waals surface area contributed by atoms with Gasteiger partial charge in [-0.05, 0) is 42.3 Å². The van der Waals surface area contributed by atoms with Gasteiger partial charge in [0.2, 0.25) is 0 Å². The maximum absolute atomic E-state index is 13.5. The summed E-state index contributed by atoms with van der Waals surface area (Å²) in [5.74, 6) is -1.58. The molecule has 0 spiro atoms. The first-order chi connectivity index (χ1) is 9.47. The number of amides is 1. The lowest BCUT2D eigenvalue weighted by Crippen LogP contribution is -2.23. The zero-order valence-electron chi connectivity index (χ0n) is 10.7. The van der Waals surface area contributed by atoms with E-state index in [4.69, 9.17) is 11.6 Å². The molecule has 0 aliphatic heterocycles. The minimum atomic E-state index is -0.651. The van der Waals surface area contributed by atoms with Crippen LogP contribution in [0.2, 0.25) is 5.02 Å². The molecule has 0 heterocycles. The summed E-state index contributed by atoms with van der Waals surface area (Å²) in [4.78, 5) is 11.8. The van der Waals surface area contributed by atoms with Crippen LogP contribution >= 0.6 is 11.6 Å². The van der Waals surface area contributed by atoms with Gasteiger partial charge in [-0.3, -0.25) is 4.79 Å². The number of aryl methyl sites for hydroxylation is 1. The number of halogens is 3. The van der Waals surface area contributed by atoms with Crippen molar-refractivity contribution in [1.29, 1.82) is 0 Å². The van der Waals surface area contributed by atoms with Crippen molar-refractivity contribution in [2.75, 3.05) is 0 Å². The van der Waals surface area contributed by atoms with E-state index in [0.717, 1.165) is 6.07 Å². The number of benzene rings is 2. The number of hydrogen-bond donors (Lipinski definition) is 1. The van der Waals surface area contributed by atoms with Gasteiger partial charge in [-0.15, -0.1) is 0 Å². The molecule has 0 fully saturated rings. The molecule has 104 valence electrons. The summed E-state index contributed by atoms with van der Waals surface area (Å²) in [7, 11) is 0. The van der Waals surface area contributed by atoms with Gasteiger partial charge in [0.15, 0.2) is 0 Å². The Balaban J connectivity index is 2.08. The molecule has 2 rings (SSSR count). The minimum Gasteiger partial charge on any atom is -0.348 e. The fourth-order valence-electron chi connectivity index (χ4n) is 1.70. The molecule has 0 radical (unpaired) electrons. The van der Waals surface area contributed by atoms with Crippen LogP contribution in [0.1, 0.15) is 21.5 Å². The first kappa shape index (κ1) is 14.5. The Morgan fingerprint density at radius 3 is 2.60 bits per heavy atom. The van der Waals surface area contributed by atoms with E-state index in [0.29, 0.717) is 11.1 Å². The molecule has 0 unspecified atom stereocenters. The van der Waals surface area contributed by atoms with Crippen LogP contribution in [0.3, 0.4) is 0 Å². The summed E-state index contributed by atoms with van der Waals surface area (Å²) in [5.41, 5.74) is 0.995. The normalized spacial score (nSPS) is 10.4. The van der Waals surface area contributed by atoms with E-state index >= 15 is 0 Å². The van der Waals surface area contributed by atoms with Crippen LogP contribution < -0.4 is 5.32 Å². The number of rotatable bonds is 3. The van der Waals surface area contributed by atoms with Gasteiger partial charge in [0.1, 0.15) is 11.6 Å². The third kappa shape index (κ3) is 3.33. The molecule has 2 aromatic carbocycles. The summed E-state index contributed by atoms with van der Waals surface area (Å²) in [6, 6.07) is 8.40. The molecule has 0 aromatic heterocycles. The van der Waals surface area contributed by atoms with Crippen molar-refractivity contribution < 1.29 is 13.6 Å². The Morgan fingerprint density at radius 2 is 1.90 bits per heavy atom. The molecule has 0 bridgehead atoms. The van der Waals surface area contributed by atoms with Crippen LogP contribution in [-0.2, 0) is 6.54 Å². The van der Waals surface area contributed by atoms with Crippen LogP contribution in [0.15, 0.2) is 36.4 Å². The molecule has 20 heavy (non-hydrogen) atoms. The minimum absolute atomic E-state index is 0.113. The SMILES string of the molecule is Cc1ccc(CNC(=O)c2cc(Cl)ccc2F)cc1F. The Kier molecular flexibility index (Phi) is 4.35. The Bertz CT molecular complexity index is 658. The Labute approximate surface area is 120 Å². The molecule has 2 aromatic rings. The van der Waals surface area contributed by atoms with E-state index in [1.165, 1.54) is 18.2 Å². The summed E-state index contributed by atoms with van der Waals surface area (Å²) in [5, 5.41) is 2.80. The van der Waals surface area contributed by atoms with Gasteiger partial charge in [0, 0.05) is 11.6 Å². The average Bonchev–Trinajstić information content (AvgIpc) is 2.42. The first-order valence-corrected chi connectivity index (χ1v) is 6.33. The molecule has 0 saturated carbocycles. The maximum Gasteiger partial charge on any atom is 0.254 e. The molecule has 5 heteroatoms. The highest BCUT2D eigenvalue weighted by molar-refractivity contribution is 6.30. The third-order valence-corrected chi connectivity index (χ3v) is 3.10. The van der Waals surface area contributed by atoms with E-state index in [1.807, 2.05) is 0 Å². The van der Waals surface area contributed by atoms with Crippen molar-refractivity contribution in [2.45, 2.75) is 13.5 Å². The summed E-state index contributed by atoms with van der Waals surface area (Å²) >= 11 is 5.72. The molecule has 2 nitrogen and oxygen atoms in total. The first-order valence-electron chi connectivity index (χ1n) is 5.95. The largest absolute Gasteiger partial charge is 0.348 e. The van der Waals surface area contributed by atoms with E-state index in [1.54, 1.807) is 19.1 Å². The Morgan fingerprint density at radius 1 is 1.15 bits per heavy atom. The zero-order valence-corrected chi connectivity index (χ0v) is 11.5. The second kappa shape index (κ2) is 6.01. The molecule has 0 aliphatic rings. The predicted octanol–water partition coefficient (Wildman–Crippen LogP) is 3.86. The van der Waals surface area contributed by atoms with Crippen LogP contribution in [0.4, 0.5) is 8.78 Å². The number of nitrogens with one attached hydrogen (secondary N) is 1. The monoisotopic (exact) mass is 295 g/mol. The molecule has 1 N–H and O–H groups in total. The van der Waals surface area contributed by atoms with Gasteiger partial charge in [0.25, 0.3) is 5.91 Å². The lowest BCUT2D eigenvalue weighted by atomic mass is 10.1. The van der Waals surface area contributed by atoms with Gasteiger partial charge in [0.05, 0.1) is 5.56 Å². The fourth-order valence-corrected chi connectivity index (χ4v) is 1.87. The van der Waals surface area contributed by atoms with Crippen molar-refractivity contribution in [3.63, 3.8) is 0 Å². The van der Waals surface area contributed by atoms with Gasteiger partial charge < -0.3 is 5.32 Å². The highest BCUT2D eigenvalue weighted by atomic mass is 35.5. The molecule has 0 saturated heterocycles. The predicted molar refractivity (Wildman–Crippen MR) is 73.7 cm³/mol. The molecule has 1 amide bonds. The number of hydrogen-bond acceptors (Lipinski definition) is 1. The van der Waals surface area contributed by atoms with Crippen molar-refractivity contribution in [1.82, 2.24) is 5.32 Å². The molecule has 0 atom stereocenters. The zero-order chi connectivity index (χ0) is 14.7. The Hall–Kier alpha value is -1.94. The van der Waals surface area contributed by atoms with Gasteiger partial charge in [-0.2, -0.15) is 0 Å². The maximum atomic E-state index is 13.5.